The molecular formula is C19H16ClF3N6O2S. The van der Waals surface area contributed by atoms with Gasteiger partial charge in [0.25, 0.3) is 11.8 Å². The molecule has 168 valence electrons. The molecule has 0 bridgehead atoms. The molecule has 1 atom stereocenters. The maximum atomic E-state index is 13.0. The average molecular weight is 485 g/mol. The van der Waals surface area contributed by atoms with E-state index in [1.807, 2.05) is 0 Å². The number of aromatic nitrogens is 4. The number of amides is 2. The zero-order valence-corrected chi connectivity index (χ0v) is 18.2. The van der Waals surface area contributed by atoms with Gasteiger partial charge in [-0.2, -0.15) is 23.0 Å². The van der Waals surface area contributed by atoms with Gasteiger partial charge in [-0.05, 0) is 37.3 Å². The summed E-state index contributed by atoms with van der Waals surface area (Å²) in [5.41, 5.74) is -0.932. The van der Waals surface area contributed by atoms with Crippen LogP contribution in [0.4, 0.5) is 13.2 Å². The van der Waals surface area contributed by atoms with E-state index in [2.05, 4.69) is 25.1 Å². The van der Waals surface area contributed by atoms with E-state index in [4.69, 9.17) is 11.6 Å². The predicted molar refractivity (Wildman–Crippen MR) is 112 cm³/mol. The molecule has 1 aromatic carbocycles. The molecule has 8 nitrogen and oxygen atoms in total. The van der Waals surface area contributed by atoms with E-state index in [-0.39, 0.29) is 22.3 Å². The summed E-state index contributed by atoms with van der Waals surface area (Å²) in [6.45, 7) is 1.59. The summed E-state index contributed by atoms with van der Waals surface area (Å²) in [5.74, 6) is -0.459. The average Bonchev–Trinajstić information content (AvgIpc) is 3.23. The molecule has 3 aromatic rings. The van der Waals surface area contributed by atoms with Crippen LogP contribution in [0.5, 0.6) is 0 Å². The predicted octanol–water partition coefficient (Wildman–Crippen LogP) is 3.83. The fourth-order valence-electron chi connectivity index (χ4n) is 2.75. The van der Waals surface area contributed by atoms with E-state index in [9.17, 15) is 22.8 Å². The highest BCUT2D eigenvalue weighted by Gasteiger charge is 2.32. The number of nitrogens with one attached hydrogen (secondary N) is 2. The van der Waals surface area contributed by atoms with E-state index in [0.717, 1.165) is 30.1 Å². The lowest BCUT2D eigenvalue weighted by molar-refractivity contribution is -0.137. The van der Waals surface area contributed by atoms with Gasteiger partial charge >= 0.3 is 6.18 Å². The van der Waals surface area contributed by atoms with Crippen LogP contribution in [0.25, 0.3) is 5.82 Å². The first kappa shape index (κ1) is 23.5. The summed E-state index contributed by atoms with van der Waals surface area (Å²) in [7, 11) is 0. The van der Waals surface area contributed by atoms with Crippen LogP contribution in [-0.4, -0.2) is 37.8 Å². The molecule has 0 aliphatic heterocycles. The molecule has 2 aromatic heterocycles. The van der Waals surface area contributed by atoms with Crippen molar-refractivity contribution in [2.45, 2.75) is 19.1 Å². The third-order valence-electron chi connectivity index (χ3n) is 4.22. The van der Waals surface area contributed by atoms with Gasteiger partial charge in [0.15, 0.2) is 11.6 Å². The first-order valence-electron chi connectivity index (χ1n) is 8.98. The molecule has 0 saturated heterocycles. The standard InChI is InChI=1S/C19H16ClF3N6O2S/c1-10(27-17(30)12-5-13(19(21,22)23)7-14(20)6-12)16-25-9-26-29(16)15-4-3-11(8-24-15)18(31)28-32-2/h3-10H,1-2H3,(H,27,30)(H,28,31). The molecule has 13 heteroatoms. The lowest BCUT2D eigenvalue weighted by atomic mass is 10.1. The molecule has 0 fully saturated rings. The van der Waals surface area contributed by atoms with Crippen molar-refractivity contribution in [2.24, 2.45) is 0 Å². The summed E-state index contributed by atoms with van der Waals surface area (Å²) < 4.78 is 43.0. The summed E-state index contributed by atoms with van der Waals surface area (Å²) in [6, 6.07) is 4.97. The summed E-state index contributed by atoms with van der Waals surface area (Å²) in [5, 5.41) is 6.44. The monoisotopic (exact) mass is 484 g/mol. The number of alkyl halides is 3. The Kier molecular flexibility index (Phi) is 7.04. The van der Waals surface area contributed by atoms with Gasteiger partial charge in [-0.25, -0.2) is 9.97 Å². The minimum absolute atomic E-state index is 0.212. The Labute approximate surface area is 189 Å². The Morgan fingerprint density at radius 3 is 2.50 bits per heavy atom. The molecule has 1 unspecified atom stereocenters. The van der Waals surface area contributed by atoms with E-state index in [0.29, 0.717) is 11.4 Å². The SMILES string of the molecule is CSNC(=O)c1ccc(-n2ncnc2C(C)NC(=O)c2cc(Cl)cc(C(F)(F)F)c2)nc1. The minimum atomic E-state index is -4.64. The molecule has 2 heterocycles. The zero-order valence-electron chi connectivity index (χ0n) is 16.6. The minimum Gasteiger partial charge on any atom is -0.342 e. The third-order valence-corrected chi connectivity index (χ3v) is 4.83. The molecule has 0 aliphatic carbocycles. The Balaban J connectivity index is 1.80. The van der Waals surface area contributed by atoms with Crippen LogP contribution in [0.3, 0.4) is 0 Å². The number of carbonyl (C=O) groups is 2. The first-order valence-corrected chi connectivity index (χ1v) is 10.6. The van der Waals surface area contributed by atoms with E-state index < -0.39 is 23.7 Å². The van der Waals surface area contributed by atoms with Crippen LogP contribution >= 0.6 is 23.5 Å². The molecule has 32 heavy (non-hydrogen) atoms. The number of hydrogen-bond donors (Lipinski definition) is 2. The third kappa shape index (κ3) is 5.37. The highest BCUT2D eigenvalue weighted by Crippen LogP contribution is 2.32. The summed E-state index contributed by atoms with van der Waals surface area (Å²) in [4.78, 5) is 32.7. The molecule has 0 spiro atoms. The van der Waals surface area contributed by atoms with Crippen LogP contribution in [0, 0.1) is 0 Å². The van der Waals surface area contributed by atoms with E-state index in [1.54, 1.807) is 25.3 Å². The number of pyridine rings is 1. The van der Waals surface area contributed by atoms with Gasteiger partial charge in [0, 0.05) is 23.0 Å². The molecule has 2 amide bonds. The number of nitrogens with zero attached hydrogens (tertiary/aromatic N) is 4. The normalized spacial score (nSPS) is 12.3. The highest BCUT2D eigenvalue weighted by atomic mass is 35.5. The van der Waals surface area contributed by atoms with Crippen LogP contribution in [0.1, 0.15) is 45.1 Å². The van der Waals surface area contributed by atoms with Gasteiger partial charge in [-0.15, -0.1) is 0 Å². The largest absolute Gasteiger partial charge is 0.416 e. The van der Waals surface area contributed by atoms with Gasteiger partial charge in [-0.1, -0.05) is 23.5 Å². The Morgan fingerprint density at radius 2 is 1.88 bits per heavy atom. The first-order chi connectivity index (χ1) is 15.1. The van der Waals surface area contributed by atoms with Crippen LogP contribution in [0.2, 0.25) is 5.02 Å². The Hall–Kier alpha value is -3.12. The fourth-order valence-corrected chi connectivity index (χ4v) is 3.29. The van der Waals surface area contributed by atoms with Crippen molar-refractivity contribution in [1.29, 1.82) is 0 Å². The Bertz CT molecular complexity index is 1140. The number of hydrogen-bond acceptors (Lipinski definition) is 6. The smallest absolute Gasteiger partial charge is 0.342 e. The van der Waals surface area contributed by atoms with Crippen molar-refractivity contribution in [2.75, 3.05) is 6.26 Å². The molecule has 0 saturated carbocycles. The van der Waals surface area contributed by atoms with Crippen molar-refractivity contribution in [3.8, 4) is 5.82 Å². The summed E-state index contributed by atoms with van der Waals surface area (Å²) in [6.07, 6.45) is -0.323. The second-order valence-corrected chi connectivity index (χ2v) is 7.54. The topological polar surface area (TPSA) is 102 Å². The maximum Gasteiger partial charge on any atom is 0.416 e. The lowest BCUT2D eigenvalue weighted by Gasteiger charge is -2.15. The lowest BCUT2D eigenvalue weighted by Crippen LogP contribution is -2.29. The molecule has 0 radical (unpaired) electrons. The van der Waals surface area contributed by atoms with Crippen LogP contribution in [0.15, 0.2) is 42.9 Å². The maximum absolute atomic E-state index is 13.0. The number of rotatable bonds is 6. The quantitative estimate of drug-likeness (QED) is 0.515. The van der Waals surface area contributed by atoms with E-state index >= 15 is 0 Å². The second-order valence-electron chi connectivity index (χ2n) is 6.49. The summed E-state index contributed by atoms with van der Waals surface area (Å²) >= 11 is 6.91. The van der Waals surface area contributed by atoms with Crippen molar-refractivity contribution in [3.63, 3.8) is 0 Å². The highest BCUT2D eigenvalue weighted by molar-refractivity contribution is 7.97. The van der Waals surface area contributed by atoms with Gasteiger partial charge in [0.05, 0.1) is 17.2 Å². The van der Waals surface area contributed by atoms with Crippen molar-refractivity contribution >= 4 is 35.4 Å². The molecule has 0 aliphatic rings. The number of carbonyl (C=O) groups excluding carboxylic acids is 2. The molecule has 3 rings (SSSR count). The number of halogens is 4. The van der Waals surface area contributed by atoms with Crippen LogP contribution < -0.4 is 10.0 Å². The van der Waals surface area contributed by atoms with E-state index in [1.165, 1.54) is 17.2 Å². The van der Waals surface area contributed by atoms with Crippen molar-refractivity contribution < 1.29 is 22.8 Å². The van der Waals surface area contributed by atoms with Crippen molar-refractivity contribution in [3.05, 3.63) is 70.4 Å². The van der Waals surface area contributed by atoms with Gasteiger partial charge in [0.1, 0.15) is 6.33 Å². The van der Waals surface area contributed by atoms with Gasteiger partial charge < -0.3 is 5.32 Å². The molecule has 2 N–H and O–H groups in total. The molecular weight excluding hydrogens is 469 g/mol. The Morgan fingerprint density at radius 1 is 1.12 bits per heavy atom. The second kappa shape index (κ2) is 9.57. The fraction of sp³-hybridized carbons (Fsp3) is 0.211. The zero-order chi connectivity index (χ0) is 23.5. The van der Waals surface area contributed by atoms with Crippen molar-refractivity contribution in [1.82, 2.24) is 29.8 Å². The van der Waals surface area contributed by atoms with Crippen LogP contribution in [-0.2, 0) is 6.18 Å². The van der Waals surface area contributed by atoms with Gasteiger partial charge in [-0.3, -0.25) is 14.3 Å². The van der Waals surface area contributed by atoms with Gasteiger partial charge in [0.2, 0.25) is 0 Å². The number of benzene rings is 1.